The fraction of sp³-hybridized carbons (Fsp3) is 1.00. The Hall–Kier alpha value is 0.280. The van der Waals surface area contributed by atoms with Crippen LogP contribution in [0.25, 0.3) is 0 Å². The molecule has 0 nitrogen and oxygen atoms in total. The molecule has 0 fully saturated rings. The summed E-state index contributed by atoms with van der Waals surface area (Å²) in [4.78, 5) is 0. The number of rotatable bonds is 5. The van der Waals surface area contributed by atoms with Crippen molar-refractivity contribution in [3.05, 3.63) is 0 Å². The van der Waals surface area contributed by atoms with Gasteiger partial charge in [0.1, 0.15) is 6.17 Å². The molecule has 0 heterocycles. The van der Waals surface area contributed by atoms with Crippen LogP contribution in [-0.4, -0.2) is 11.4 Å². The topological polar surface area (TPSA) is 0 Å². The maximum atomic E-state index is 12.8. The van der Waals surface area contributed by atoms with Gasteiger partial charge in [-0.1, -0.05) is 26.7 Å². The van der Waals surface area contributed by atoms with Gasteiger partial charge in [-0.25, -0.2) is 4.39 Å². The summed E-state index contributed by atoms with van der Waals surface area (Å²) in [6.07, 6.45) is 2.76. The molecule has 0 bridgehead atoms. The normalized spacial score (nSPS) is 16.8. The summed E-state index contributed by atoms with van der Waals surface area (Å²) in [7, 11) is 0. The summed E-state index contributed by atoms with van der Waals surface area (Å²) in [5, 5.41) is 0.201. The minimum absolute atomic E-state index is 0.201. The van der Waals surface area contributed by atoms with E-state index >= 15 is 0 Å². The lowest BCUT2D eigenvalue weighted by atomic mass is 10.1. The molecule has 0 aliphatic rings. The van der Waals surface area contributed by atoms with Crippen LogP contribution in [0, 0.1) is 0 Å². The second-order valence-electron chi connectivity index (χ2n) is 2.82. The molecule has 0 saturated heterocycles. The van der Waals surface area contributed by atoms with Gasteiger partial charge >= 0.3 is 0 Å². The maximum Gasteiger partial charge on any atom is 0.101 e. The first-order chi connectivity index (χ1) is 4.66. The van der Waals surface area contributed by atoms with Crippen LogP contribution in [0.5, 0.6) is 0 Å². The van der Waals surface area contributed by atoms with Crippen molar-refractivity contribution in [1.29, 1.82) is 0 Å². The van der Waals surface area contributed by atoms with Gasteiger partial charge < -0.3 is 0 Å². The minimum Gasteiger partial charge on any atom is -0.247 e. The van der Waals surface area contributed by atoms with Gasteiger partial charge in [0.15, 0.2) is 0 Å². The average molecular weight is 164 g/mol. The molecule has 2 unspecified atom stereocenters. The monoisotopic (exact) mass is 164 g/mol. The fourth-order valence-corrected chi connectivity index (χ4v) is 1.14. The lowest BCUT2D eigenvalue weighted by Crippen LogP contribution is -2.05. The van der Waals surface area contributed by atoms with Gasteiger partial charge in [0.05, 0.1) is 0 Å². The van der Waals surface area contributed by atoms with E-state index < -0.39 is 6.17 Å². The first-order valence-corrected chi connectivity index (χ1v) is 4.50. The molecule has 62 valence electrons. The van der Waals surface area contributed by atoms with Gasteiger partial charge in [-0.05, 0) is 12.8 Å². The van der Waals surface area contributed by atoms with E-state index in [1.165, 1.54) is 0 Å². The van der Waals surface area contributed by atoms with Gasteiger partial charge in [-0.2, -0.15) is 12.6 Å². The van der Waals surface area contributed by atoms with Crippen molar-refractivity contribution in [2.24, 2.45) is 0 Å². The van der Waals surface area contributed by atoms with Crippen molar-refractivity contribution in [1.82, 2.24) is 0 Å². The molecule has 10 heavy (non-hydrogen) atoms. The average Bonchev–Trinajstić information content (AvgIpc) is 1.82. The number of hydrogen-bond acceptors (Lipinski definition) is 1. The molecule has 0 N–H and O–H groups in total. The van der Waals surface area contributed by atoms with Crippen LogP contribution < -0.4 is 0 Å². The summed E-state index contributed by atoms with van der Waals surface area (Å²) >= 11 is 4.12. The number of unbranched alkanes of at least 4 members (excludes halogenated alkanes) is 1. The Balaban J connectivity index is 3.16. The summed E-state index contributed by atoms with van der Waals surface area (Å²) in [6, 6.07) is 0. The van der Waals surface area contributed by atoms with Crippen LogP contribution in [0.2, 0.25) is 0 Å². The Labute approximate surface area is 68.6 Å². The van der Waals surface area contributed by atoms with E-state index in [2.05, 4.69) is 19.6 Å². The molecule has 0 spiro atoms. The van der Waals surface area contributed by atoms with Gasteiger partial charge in [-0.3, -0.25) is 0 Å². The maximum absolute atomic E-state index is 12.8. The molecule has 2 atom stereocenters. The lowest BCUT2D eigenvalue weighted by molar-refractivity contribution is 0.290. The molecular formula is C8H17FS. The van der Waals surface area contributed by atoms with Gasteiger partial charge in [0.2, 0.25) is 0 Å². The predicted octanol–water partition coefficient (Wildman–Crippen LogP) is 3.22. The Kier molecular flexibility index (Phi) is 6.19. The molecule has 0 aliphatic carbocycles. The summed E-state index contributed by atoms with van der Waals surface area (Å²) < 4.78 is 12.8. The van der Waals surface area contributed by atoms with Crippen molar-refractivity contribution < 1.29 is 4.39 Å². The number of halogens is 1. The van der Waals surface area contributed by atoms with E-state index in [4.69, 9.17) is 0 Å². The smallest absolute Gasteiger partial charge is 0.101 e. The molecule has 0 aromatic rings. The van der Waals surface area contributed by atoms with Crippen molar-refractivity contribution in [3.8, 4) is 0 Å². The predicted molar refractivity (Wildman–Crippen MR) is 47.5 cm³/mol. The third-order valence-corrected chi connectivity index (χ3v) is 1.68. The number of alkyl halides is 1. The van der Waals surface area contributed by atoms with E-state index in [0.717, 1.165) is 12.8 Å². The second kappa shape index (κ2) is 6.02. The van der Waals surface area contributed by atoms with E-state index in [0.29, 0.717) is 12.8 Å². The van der Waals surface area contributed by atoms with Gasteiger partial charge in [-0.15, -0.1) is 0 Å². The molecule has 0 rings (SSSR count). The molecule has 0 radical (unpaired) electrons. The van der Waals surface area contributed by atoms with Crippen molar-refractivity contribution >= 4 is 12.6 Å². The number of thiol groups is 1. The zero-order valence-corrected chi connectivity index (χ0v) is 7.70. The van der Waals surface area contributed by atoms with E-state index in [-0.39, 0.29) is 5.25 Å². The summed E-state index contributed by atoms with van der Waals surface area (Å²) in [5.41, 5.74) is 0. The molecule has 2 heteroatoms. The van der Waals surface area contributed by atoms with Gasteiger partial charge in [0, 0.05) is 5.25 Å². The standard InChI is InChI=1S/C8H17FS/c1-3-4-5-8(9)6-7(2)10/h7-8,10H,3-6H2,1-2H3. The Morgan fingerprint density at radius 3 is 2.50 bits per heavy atom. The highest BCUT2D eigenvalue weighted by atomic mass is 32.1. The Morgan fingerprint density at radius 2 is 2.10 bits per heavy atom. The first-order valence-electron chi connectivity index (χ1n) is 3.99. The Bertz CT molecular complexity index is 73.7. The SMILES string of the molecule is CCCCC(F)CC(C)S. The summed E-state index contributed by atoms with van der Waals surface area (Å²) in [6.45, 7) is 4.01. The Morgan fingerprint density at radius 1 is 1.50 bits per heavy atom. The van der Waals surface area contributed by atoms with Crippen molar-refractivity contribution in [3.63, 3.8) is 0 Å². The molecule has 0 saturated carbocycles. The fourth-order valence-electron chi connectivity index (χ4n) is 0.914. The molecular weight excluding hydrogens is 147 g/mol. The summed E-state index contributed by atoms with van der Waals surface area (Å²) in [5.74, 6) is 0. The van der Waals surface area contributed by atoms with Crippen LogP contribution in [0.3, 0.4) is 0 Å². The van der Waals surface area contributed by atoms with Crippen LogP contribution in [0.1, 0.15) is 39.5 Å². The van der Waals surface area contributed by atoms with E-state index in [1.807, 2.05) is 6.92 Å². The second-order valence-corrected chi connectivity index (χ2v) is 3.71. The zero-order chi connectivity index (χ0) is 7.98. The minimum atomic E-state index is -0.632. The van der Waals surface area contributed by atoms with Crippen LogP contribution in [0.4, 0.5) is 4.39 Å². The molecule has 0 amide bonds. The quantitative estimate of drug-likeness (QED) is 0.593. The molecule has 0 aromatic heterocycles. The van der Waals surface area contributed by atoms with Crippen molar-refractivity contribution in [2.75, 3.05) is 0 Å². The van der Waals surface area contributed by atoms with Crippen LogP contribution in [0.15, 0.2) is 0 Å². The highest BCUT2D eigenvalue weighted by molar-refractivity contribution is 7.80. The lowest BCUT2D eigenvalue weighted by Gasteiger charge is -2.08. The van der Waals surface area contributed by atoms with Gasteiger partial charge in [0.25, 0.3) is 0 Å². The van der Waals surface area contributed by atoms with Crippen LogP contribution >= 0.6 is 12.6 Å². The van der Waals surface area contributed by atoms with Crippen molar-refractivity contribution in [2.45, 2.75) is 51.0 Å². The zero-order valence-electron chi connectivity index (χ0n) is 6.81. The van der Waals surface area contributed by atoms with E-state index in [9.17, 15) is 4.39 Å². The number of hydrogen-bond donors (Lipinski definition) is 1. The highest BCUT2D eigenvalue weighted by Gasteiger charge is 2.07. The molecule has 0 aromatic carbocycles. The third kappa shape index (κ3) is 6.40. The first kappa shape index (κ1) is 10.3. The highest BCUT2D eigenvalue weighted by Crippen LogP contribution is 2.13. The molecule has 0 aliphatic heterocycles. The van der Waals surface area contributed by atoms with Crippen LogP contribution in [-0.2, 0) is 0 Å². The third-order valence-electron chi connectivity index (χ3n) is 1.47. The largest absolute Gasteiger partial charge is 0.247 e. The van der Waals surface area contributed by atoms with E-state index in [1.54, 1.807) is 0 Å².